The van der Waals surface area contributed by atoms with E-state index in [0.717, 1.165) is 6.54 Å². The van der Waals surface area contributed by atoms with Gasteiger partial charge in [0.1, 0.15) is 0 Å². The highest BCUT2D eigenvalue weighted by molar-refractivity contribution is 5.33. The van der Waals surface area contributed by atoms with Gasteiger partial charge in [-0.1, -0.05) is 38.1 Å². The molecule has 0 spiro atoms. The van der Waals surface area contributed by atoms with Gasteiger partial charge < -0.3 is 10.6 Å². The fraction of sp³-hybridized carbons (Fsp3) is 0.600. The van der Waals surface area contributed by atoms with Gasteiger partial charge in [0, 0.05) is 18.5 Å². The smallest absolute Gasteiger partial charge is 0.0181 e. The second-order valence-electron chi connectivity index (χ2n) is 5.73. The first kappa shape index (κ1) is 12.6. The lowest BCUT2D eigenvalue weighted by Gasteiger charge is -2.32. The largest absolute Gasteiger partial charge is 0.326 e. The molecule has 0 aliphatic carbocycles. The van der Waals surface area contributed by atoms with Gasteiger partial charge in [0.15, 0.2) is 0 Å². The van der Waals surface area contributed by atoms with Crippen molar-refractivity contribution < 1.29 is 0 Å². The summed E-state index contributed by atoms with van der Waals surface area (Å²) in [5.41, 5.74) is 8.74. The number of nitrogens with zero attached hydrogens (tertiary/aromatic N) is 1. The second kappa shape index (κ2) is 5.19. The highest BCUT2D eigenvalue weighted by Crippen LogP contribution is 2.28. The van der Waals surface area contributed by atoms with Crippen LogP contribution in [0.1, 0.15) is 37.8 Å². The van der Waals surface area contributed by atoms with Crippen molar-refractivity contribution in [1.29, 1.82) is 0 Å². The van der Waals surface area contributed by atoms with Gasteiger partial charge in [-0.2, -0.15) is 0 Å². The first-order valence-electron chi connectivity index (χ1n) is 6.64. The Morgan fingerprint density at radius 1 is 1.18 bits per heavy atom. The Labute approximate surface area is 105 Å². The molecule has 1 aromatic carbocycles. The summed E-state index contributed by atoms with van der Waals surface area (Å²) in [5.74, 6) is 0. The maximum absolute atomic E-state index is 5.84. The fourth-order valence-corrected chi connectivity index (χ4v) is 2.94. The molecule has 17 heavy (non-hydrogen) atoms. The zero-order chi connectivity index (χ0) is 12.3. The van der Waals surface area contributed by atoms with E-state index in [-0.39, 0.29) is 5.41 Å². The SMILES string of the molecule is CC(C)(CN1CCCC1)c1ccccc1CN. The van der Waals surface area contributed by atoms with E-state index in [1.807, 2.05) is 0 Å². The number of benzene rings is 1. The molecular formula is C15H24N2. The van der Waals surface area contributed by atoms with E-state index >= 15 is 0 Å². The molecule has 0 aromatic heterocycles. The summed E-state index contributed by atoms with van der Waals surface area (Å²) in [4.78, 5) is 2.58. The summed E-state index contributed by atoms with van der Waals surface area (Å²) >= 11 is 0. The van der Waals surface area contributed by atoms with E-state index < -0.39 is 0 Å². The molecule has 0 radical (unpaired) electrons. The molecule has 2 rings (SSSR count). The predicted octanol–water partition coefficient (Wildman–Crippen LogP) is 2.52. The molecule has 1 aromatic rings. The molecule has 2 N–H and O–H groups in total. The molecule has 1 aliphatic heterocycles. The van der Waals surface area contributed by atoms with Crippen LogP contribution in [-0.2, 0) is 12.0 Å². The standard InChI is InChI=1S/C15H24N2/c1-15(2,12-17-9-5-6-10-17)14-8-4-3-7-13(14)11-16/h3-4,7-8H,5-6,9-12,16H2,1-2H3. The van der Waals surface area contributed by atoms with Gasteiger partial charge in [-0.15, -0.1) is 0 Å². The minimum atomic E-state index is 0.195. The third kappa shape index (κ3) is 2.88. The molecule has 2 heteroatoms. The van der Waals surface area contributed by atoms with Crippen LogP contribution in [0, 0.1) is 0 Å². The van der Waals surface area contributed by atoms with Gasteiger partial charge in [-0.3, -0.25) is 0 Å². The monoisotopic (exact) mass is 232 g/mol. The molecule has 1 heterocycles. The van der Waals surface area contributed by atoms with Crippen LogP contribution in [-0.4, -0.2) is 24.5 Å². The van der Waals surface area contributed by atoms with Gasteiger partial charge in [0.05, 0.1) is 0 Å². The number of likely N-dealkylation sites (tertiary alicyclic amines) is 1. The van der Waals surface area contributed by atoms with Gasteiger partial charge >= 0.3 is 0 Å². The molecule has 0 atom stereocenters. The lowest BCUT2D eigenvalue weighted by Crippen LogP contribution is -2.36. The van der Waals surface area contributed by atoms with Crippen LogP contribution < -0.4 is 5.73 Å². The average Bonchev–Trinajstić information content (AvgIpc) is 2.81. The molecular weight excluding hydrogens is 208 g/mol. The molecule has 0 amide bonds. The van der Waals surface area contributed by atoms with Crippen molar-refractivity contribution in [1.82, 2.24) is 4.90 Å². The van der Waals surface area contributed by atoms with Crippen LogP contribution in [0.4, 0.5) is 0 Å². The second-order valence-corrected chi connectivity index (χ2v) is 5.73. The molecule has 94 valence electrons. The van der Waals surface area contributed by atoms with E-state index in [0.29, 0.717) is 6.54 Å². The predicted molar refractivity (Wildman–Crippen MR) is 73.0 cm³/mol. The lowest BCUT2D eigenvalue weighted by molar-refractivity contribution is 0.268. The van der Waals surface area contributed by atoms with Crippen LogP contribution >= 0.6 is 0 Å². The van der Waals surface area contributed by atoms with E-state index in [9.17, 15) is 0 Å². The number of nitrogens with two attached hydrogens (primary N) is 1. The first-order valence-corrected chi connectivity index (χ1v) is 6.64. The average molecular weight is 232 g/mol. The Bertz CT molecular complexity index is 365. The highest BCUT2D eigenvalue weighted by atomic mass is 15.1. The van der Waals surface area contributed by atoms with E-state index in [2.05, 4.69) is 43.0 Å². The van der Waals surface area contributed by atoms with Crippen molar-refractivity contribution in [3.63, 3.8) is 0 Å². The van der Waals surface area contributed by atoms with Gasteiger partial charge in [0.2, 0.25) is 0 Å². The minimum Gasteiger partial charge on any atom is -0.326 e. The van der Waals surface area contributed by atoms with Crippen LogP contribution in [0.5, 0.6) is 0 Å². The van der Waals surface area contributed by atoms with Crippen LogP contribution in [0.2, 0.25) is 0 Å². The van der Waals surface area contributed by atoms with Crippen molar-refractivity contribution in [2.75, 3.05) is 19.6 Å². The quantitative estimate of drug-likeness (QED) is 0.864. The maximum atomic E-state index is 5.84. The third-order valence-electron chi connectivity index (χ3n) is 3.78. The van der Waals surface area contributed by atoms with E-state index in [1.54, 1.807) is 0 Å². The van der Waals surface area contributed by atoms with Crippen molar-refractivity contribution in [3.05, 3.63) is 35.4 Å². The van der Waals surface area contributed by atoms with Crippen LogP contribution in [0.25, 0.3) is 0 Å². The van der Waals surface area contributed by atoms with E-state index in [4.69, 9.17) is 5.73 Å². The van der Waals surface area contributed by atoms with Crippen molar-refractivity contribution in [3.8, 4) is 0 Å². The topological polar surface area (TPSA) is 29.3 Å². The zero-order valence-corrected chi connectivity index (χ0v) is 11.1. The minimum absolute atomic E-state index is 0.195. The van der Waals surface area contributed by atoms with Crippen LogP contribution in [0.3, 0.4) is 0 Å². The molecule has 1 aliphatic rings. The van der Waals surface area contributed by atoms with Crippen molar-refractivity contribution in [2.24, 2.45) is 5.73 Å². The Morgan fingerprint density at radius 2 is 1.82 bits per heavy atom. The van der Waals surface area contributed by atoms with Gasteiger partial charge in [-0.25, -0.2) is 0 Å². The highest BCUT2D eigenvalue weighted by Gasteiger charge is 2.27. The summed E-state index contributed by atoms with van der Waals surface area (Å²) in [6, 6.07) is 8.59. The number of hydrogen-bond donors (Lipinski definition) is 1. The molecule has 0 bridgehead atoms. The Morgan fingerprint density at radius 3 is 2.47 bits per heavy atom. The molecule has 2 nitrogen and oxygen atoms in total. The van der Waals surface area contributed by atoms with Crippen molar-refractivity contribution in [2.45, 2.75) is 38.6 Å². The number of hydrogen-bond acceptors (Lipinski definition) is 2. The third-order valence-corrected chi connectivity index (χ3v) is 3.78. The first-order chi connectivity index (χ1) is 8.13. The number of rotatable bonds is 4. The zero-order valence-electron chi connectivity index (χ0n) is 11.1. The molecule has 1 saturated heterocycles. The summed E-state index contributed by atoms with van der Waals surface area (Å²) < 4.78 is 0. The molecule has 0 saturated carbocycles. The summed E-state index contributed by atoms with van der Waals surface area (Å²) in [5, 5.41) is 0. The summed E-state index contributed by atoms with van der Waals surface area (Å²) in [7, 11) is 0. The Hall–Kier alpha value is -0.860. The summed E-state index contributed by atoms with van der Waals surface area (Å²) in [6.07, 6.45) is 2.71. The molecule has 1 fully saturated rings. The van der Waals surface area contributed by atoms with Crippen molar-refractivity contribution >= 4 is 0 Å². The van der Waals surface area contributed by atoms with Gasteiger partial charge in [-0.05, 0) is 37.1 Å². The Balaban J connectivity index is 2.17. The van der Waals surface area contributed by atoms with Crippen LogP contribution in [0.15, 0.2) is 24.3 Å². The lowest BCUT2D eigenvalue weighted by atomic mass is 9.81. The Kier molecular flexibility index (Phi) is 3.85. The fourth-order valence-electron chi connectivity index (χ4n) is 2.94. The molecule has 0 unspecified atom stereocenters. The van der Waals surface area contributed by atoms with Gasteiger partial charge in [0.25, 0.3) is 0 Å². The maximum Gasteiger partial charge on any atom is 0.0181 e. The van der Waals surface area contributed by atoms with E-state index in [1.165, 1.54) is 37.1 Å². The normalized spacial score (nSPS) is 17.6. The summed E-state index contributed by atoms with van der Waals surface area (Å²) in [6.45, 7) is 8.96.